The number of carbonyl (C=O) groups excluding carboxylic acids is 2. The standard InChI is InChI=1S/C20H21N3O2/c24-19(14-21-22-20(25)15-23-12-4-5-13-23)18-10-8-17(9-11-18)16-6-2-1-3-7-16/h1-3,6-11,14H,4-5,12-13,15H2,(H,22,25)/b21-14+. The molecule has 0 atom stereocenters. The van der Waals surface area contributed by atoms with E-state index in [1.165, 1.54) is 0 Å². The van der Waals surface area contributed by atoms with E-state index in [1.807, 2.05) is 42.5 Å². The van der Waals surface area contributed by atoms with Gasteiger partial charge in [0.05, 0.1) is 12.8 Å². The van der Waals surface area contributed by atoms with Crippen LogP contribution in [0.5, 0.6) is 0 Å². The van der Waals surface area contributed by atoms with Gasteiger partial charge in [0.1, 0.15) is 0 Å². The van der Waals surface area contributed by atoms with Gasteiger partial charge in [-0.05, 0) is 37.1 Å². The van der Waals surface area contributed by atoms with Crippen molar-refractivity contribution in [3.8, 4) is 11.1 Å². The molecule has 0 saturated carbocycles. The van der Waals surface area contributed by atoms with Crippen LogP contribution in [-0.4, -0.2) is 42.4 Å². The molecular weight excluding hydrogens is 314 g/mol. The molecule has 1 heterocycles. The molecule has 1 aliphatic rings. The van der Waals surface area contributed by atoms with Crippen molar-refractivity contribution in [3.63, 3.8) is 0 Å². The van der Waals surface area contributed by atoms with Gasteiger partial charge in [-0.1, -0.05) is 54.6 Å². The Hall–Kier alpha value is -2.79. The summed E-state index contributed by atoms with van der Waals surface area (Å²) in [6, 6.07) is 17.3. The molecule has 5 heteroatoms. The van der Waals surface area contributed by atoms with E-state index in [-0.39, 0.29) is 11.7 Å². The summed E-state index contributed by atoms with van der Waals surface area (Å²) in [5, 5.41) is 3.77. The van der Waals surface area contributed by atoms with Crippen molar-refractivity contribution < 1.29 is 9.59 Å². The molecule has 3 rings (SSSR count). The summed E-state index contributed by atoms with van der Waals surface area (Å²) in [6.07, 6.45) is 3.42. The Labute approximate surface area is 147 Å². The van der Waals surface area contributed by atoms with Gasteiger partial charge in [0, 0.05) is 5.56 Å². The molecule has 0 radical (unpaired) electrons. The summed E-state index contributed by atoms with van der Waals surface area (Å²) >= 11 is 0. The number of Topliss-reactive ketones (excluding diaryl/α,β-unsaturated/α-hetero) is 1. The van der Waals surface area contributed by atoms with Crippen LogP contribution >= 0.6 is 0 Å². The summed E-state index contributed by atoms with van der Waals surface area (Å²) in [7, 11) is 0. The van der Waals surface area contributed by atoms with E-state index in [9.17, 15) is 9.59 Å². The topological polar surface area (TPSA) is 61.8 Å². The Kier molecular flexibility index (Phi) is 5.69. The molecule has 1 aliphatic heterocycles. The summed E-state index contributed by atoms with van der Waals surface area (Å²) in [4.78, 5) is 25.9. The number of hydrogen-bond acceptors (Lipinski definition) is 4. The molecule has 2 aromatic rings. The second-order valence-corrected chi connectivity index (χ2v) is 6.08. The highest BCUT2D eigenvalue weighted by molar-refractivity contribution is 6.35. The van der Waals surface area contributed by atoms with Crippen molar-refractivity contribution in [3.05, 3.63) is 60.2 Å². The summed E-state index contributed by atoms with van der Waals surface area (Å²) in [6.45, 7) is 2.23. The third-order valence-electron chi connectivity index (χ3n) is 4.21. The molecule has 1 saturated heterocycles. The minimum atomic E-state index is -0.235. The predicted octanol–water partition coefficient (Wildman–Crippen LogP) is 2.73. The van der Waals surface area contributed by atoms with Gasteiger partial charge < -0.3 is 0 Å². The Morgan fingerprint density at radius 2 is 1.60 bits per heavy atom. The lowest BCUT2D eigenvalue weighted by Gasteiger charge is -2.11. The van der Waals surface area contributed by atoms with E-state index in [0.29, 0.717) is 12.1 Å². The number of carbonyl (C=O) groups is 2. The lowest BCUT2D eigenvalue weighted by molar-refractivity contribution is -0.121. The molecule has 128 valence electrons. The molecule has 25 heavy (non-hydrogen) atoms. The molecule has 0 aromatic heterocycles. The molecule has 1 N–H and O–H groups in total. The number of nitrogens with one attached hydrogen (secondary N) is 1. The van der Waals surface area contributed by atoms with Crippen LogP contribution in [0.4, 0.5) is 0 Å². The minimum Gasteiger partial charge on any atom is -0.294 e. The maximum atomic E-state index is 12.1. The fourth-order valence-corrected chi connectivity index (χ4v) is 2.87. The Morgan fingerprint density at radius 3 is 2.28 bits per heavy atom. The first-order valence-electron chi connectivity index (χ1n) is 8.46. The van der Waals surface area contributed by atoms with Crippen LogP contribution in [0.15, 0.2) is 59.7 Å². The number of rotatable bonds is 6. The highest BCUT2D eigenvalue weighted by Gasteiger charge is 2.14. The first-order valence-corrected chi connectivity index (χ1v) is 8.46. The normalized spacial score (nSPS) is 14.7. The molecular formula is C20H21N3O2. The smallest absolute Gasteiger partial charge is 0.254 e. The zero-order chi connectivity index (χ0) is 17.5. The fraction of sp³-hybridized carbons (Fsp3) is 0.250. The summed E-state index contributed by atoms with van der Waals surface area (Å²) in [5.41, 5.74) is 5.10. The van der Waals surface area contributed by atoms with Gasteiger partial charge in [0.25, 0.3) is 5.91 Å². The highest BCUT2D eigenvalue weighted by atomic mass is 16.2. The Bertz CT molecular complexity index is 748. The molecule has 2 aromatic carbocycles. The largest absolute Gasteiger partial charge is 0.294 e. The molecule has 0 unspecified atom stereocenters. The second-order valence-electron chi connectivity index (χ2n) is 6.08. The first-order chi connectivity index (χ1) is 12.2. The molecule has 0 spiro atoms. The van der Waals surface area contributed by atoms with Crippen LogP contribution in [0, 0.1) is 0 Å². The molecule has 0 aliphatic carbocycles. The summed E-state index contributed by atoms with van der Waals surface area (Å²) in [5.74, 6) is -0.425. The van der Waals surface area contributed by atoms with Crippen LogP contribution in [0.25, 0.3) is 11.1 Å². The first kappa shape index (κ1) is 17.0. The zero-order valence-corrected chi connectivity index (χ0v) is 14.0. The maximum absolute atomic E-state index is 12.1. The average molecular weight is 335 g/mol. The fourth-order valence-electron chi connectivity index (χ4n) is 2.87. The number of nitrogens with zero attached hydrogens (tertiary/aromatic N) is 2. The molecule has 0 bridgehead atoms. The average Bonchev–Trinajstić information content (AvgIpc) is 3.15. The lowest BCUT2D eigenvalue weighted by Crippen LogP contribution is -2.33. The van der Waals surface area contributed by atoms with Gasteiger partial charge in [-0.2, -0.15) is 5.10 Å². The summed E-state index contributed by atoms with van der Waals surface area (Å²) < 4.78 is 0. The van der Waals surface area contributed by atoms with Crippen LogP contribution in [-0.2, 0) is 4.79 Å². The van der Waals surface area contributed by atoms with Crippen LogP contribution in [0.1, 0.15) is 23.2 Å². The van der Waals surface area contributed by atoms with Crippen LogP contribution < -0.4 is 5.43 Å². The van der Waals surface area contributed by atoms with E-state index in [4.69, 9.17) is 0 Å². The SMILES string of the molecule is O=C(CN1CCCC1)N/N=C/C(=O)c1ccc(-c2ccccc2)cc1. The number of hydrazone groups is 1. The molecule has 1 fully saturated rings. The van der Waals surface area contributed by atoms with Crippen molar-refractivity contribution in [2.75, 3.05) is 19.6 Å². The van der Waals surface area contributed by atoms with Crippen molar-refractivity contribution >= 4 is 17.9 Å². The van der Waals surface area contributed by atoms with Gasteiger partial charge in [-0.25, -0.2) is 5.43 Å². The maximum Gasteiger partial charge on any atom is 0.254 e. The van der Waals surface area contributed by atoms with Crippen molar-refractivity contribution in [1.82, 2.24) is 10.3 Å². The van der Waals surface area contributed by atoms with Crippen molar-refractivity contribution in [2.24, 2.45) is 5.10 Å². The van der Waals surface area contributed by atoms with E-state index in [0.717, 1.165) is 43.3 Å². The van der Waals surface area contributed by atoms with E-state index < -0.39 is 0 Å². The lowest BCUT2D eigenvalue weighted by atomic mass is 10.0. The molecule has 1 amide bonds. The number of likely N-dealkylation sites (tertiary alicyclic amines) is 1. The third kappa shape index (κ3) is 4.84. The number of ketones is 1. The van der Waals surface area contributed by atoms with E-state index >= 15 is 0 Å². The van der Waals surface area contributed by atoms with Crippen LogP contribution in [0.2, 0.25) is 0 Å². The predicted molar refractivity (Wildman–Crippen MR) is 98.5 cm³/mol. The highest BCUT2D eigenvalue weighted by Crippen LogP contribution is 2.19. The van der Waals surface area contributed by atoms with E-state index in [1.54, 1.807) is 12.1 Å². The third-order valence-corrected chi connectivity index (χ3v) is 4.21. The van der Waals surface area contributed by atoms with Gasteiger partial charge in [-0.15, -0.1) is 0 Å². The number of amides is 1. The minimum absolute atomic E-state index is 0.189. The quantitative estimate of drug-likeness (QED) is 0.502. The van der Waals surface area contributed by atoms with Crippen molar-refractivity contribution in [2.45, 2.75) is 12.8 Å². The van der Waals surface area contributed by atoms with Gasteiger partial charge in [0.15, 0.2) is 0 Å². The Balaban J connectivity index is 1.53. The van der Waals surface area contributed by atoms with Crippen molar-refractivity contribution in [1.29, 1.82) is 0 Å². The zero-order valence-electron chi connectivity index (χ0n) is 14.0. The second kappa shape index (κ2) is 8.35. The molecule has 5 nitrogen and oxygen atoms in total. The van der Waals surface area contributed by atoms with E-state index in [2.05, 4.69) is 15.4 Å². The number of benzene rings is 2. The monoisotopic (exact) mass is 335 g/mol. The van der Waals surface area contributed by atoms with Crippen LogP contribution in [0.3, 0.4) is 0 Å². The van der Waals surface area contributed by atoms with Gasteiger partial charge in [0.2, 0.25) is 5.78 Å². The Morgan fingerprint density at radius 1 is 0.960 bits per heavy atom. The van der Waals surface area contributed by atoms with Gasteiger partial charge in [-0.3, -0.25) is 14.5 Å². The number of hydrogen-bond donors (Lipinski definition) is 1. The van der Waals surface area contributed by atoms with Gasteiger partial charge >= 0.3 is 0 Å².